The number of halogens is 3. The van der Waals surface area contributed by atoms with E-state index in [1.807, 2.05) is 18.0 Å². The first-order valence-corrected chi connectivity index (χ1v) is 12.6. The van der Waals surface area contributed by atoms with Gasteiger partial charge in [0, 0.05) is 37.3 Å². The van der Waals surface area contributed by atoms with Crippen LogP contribution in [0.15, 0.2) is 59.6 Å². The third kappa shape index (κ3) is 9.61. The Bertz CT molecular complexity index is 1250. The molecule has 3 aromatic rings. The molecule has 4 N–H and O–H groups in total. The third-order valence-electron chi connectivity index (χ3n) is 4.89. The number of rotatable bonds is 9. The lowest BCUT2D eigenvalue weighted by Crippen LogP contribution is -2.21. The third-order valence-corrected chi connectivity index (χ3v) is 6.60. The minimum atomic E-state index is -5.08. The molecule has 0 saturated carbocycles. The maximum Gasteiger partial charge on any atom is 0.490 e. The van der Waals surface area contributed by atoms with E-state index in [0.29, 0.717) is 30.9 Å². The predicted octanol–water partition coefficient (Wildman–Crippen LogP) is 2.14. The van der Waals surface area contributed by atoms with E-state index >= 15 is 0 Å². The number of benzene rings is 2. The van der Waals surface area contributed by atoms with E-state index < -0.39 is 22.2 Å². The number of fused-ring (bicyclic) bond motifs is 1. The Kier molecular flexibility index (Phi) is 13.2. The highest BCUT2D eigenvalue weighted by atomic mass is 32.2. The lowest BCUT2D eigenvalue weighted by molar-refractivity contribution is -0.192. The van der Waals surface area contributed by atoms with Crippen molar-refractivity contribution in [2.45, 2.75) is 17.6 Å². The number of ether oxygens (including phenoxy) is 1. The number of likely N-dealkylation sites (N-methyl/N-ethyl adjacent to an activating group) is 2. The smallest absolute Gasteiger partial charge is 0.490 e. The van der Waals surface area contributed by atoms with Crippen LogP contribution < -0.4 is 10.1 Å². The molecule has 0 amide bonds. The summed E-state index contributed by atoms with van der Waals surface area (Å²) in [5, 5.41) is 27.9. The Morgan fingerprint density at radius 1 is 1.11 bits per heavy atom. The van der Waals surface area contributed by atoms with E-state index in [1.165, 1.54) is 3.97 Å². The summed E-state index contributed by atoms with van der Waals surface area (Å²) in [4.78, 5) is 11.1. The molecule has 2 aromatic carbocycles. The van der Waals surface area contributed by atoms with Gasteiger partial charge in [-0.2, -0.15) is 13.2 Å². The summed E-state index contributed by atoms with van der Waals surface area (Å²) in [5.41, 5.74) is 1.51. The number of hydrogen-bond acceptors (Lipinski definition) is 8. The zero-order chi connectivity index (χ0) is 28.9. The van der Waals surface area contributed by atoms with Crippen molar-refractivity contribution in [1.82, 2.24) is 14.2 Å². The Morgan fingerprint density at radius 3 is 2.16 bits per heavy atom. The highest BCUT2D eigenvalue weighted by molar-refractivity contribution is 7.90. The molecular formula is C24H32F3N3O7S. The molecule has 0 unspecified atom stereocenters. The molecule has 0 aliphatic carbocycles. The van der Waals surface area contributed by atoms with Crippen LogP contribution in [0.1, 0.15) is 5.56 Å². The zero-order valence-electron chi connectivity index (χ0n) is 21.1. The molecule has 1 heterocycles. The number of aliphatic hydroxyl groups excluding tert-OH is 2. The van der Waals surface area contributed by atoms with Crippen LogP contribution in [0, 0.1) is 0 Å². The summed E-state index contributed by atoms with van der Waals surface area (Å²) in [5.74, 6) is -2.17. The largest absolute Gasteiger partial charge is 0.497 e. The van der Waals surface area contributed by atoms with E-state index in [0.717, 1.165) is 10.9 Å². The minimum absolute atomic E-state index is 0.0625. The molecule has 14 heteroatoms. The van der Waals surface area contributed by atoms with Crippen molar-refractivity contribution in [2.75, 3.05) is 47.5 Å². The number of methoxy groups -OCH3 is 1. The van der Waals surface area contributed by atoms with Gasteiger partial charge < -0.3 is 25.4 Å². The number of nitrogens with one attached hydrogen (secondary N) is 1. The summed E-state index contributed by atoms with van der Waals surface area (Å²) in [7, 11) is 1.57. The van der Waals surface area contributed by atoms with Gasteiger partial charge in [-0.05, 0) is 43.9 Å². The second-order valence-corrected chi connectivity index (χ2v) is 9.56. The van der Waals surface area contributed by atoms with Crippen molar-refractivity contribution < 1.29 is 46.4 Å². The topological polar surface area (TPSA) is 141 Å². The molecule has 3 rings (SSSR count). The fourth-order valence-corrected chi connectivity index (χ4v) is 4.44. The lowest BCUT2D eigenvalue weighted by Gasteiger charge is -2.17. The molecular weight excluding hydrogens is 531 g/mol. The van der Waals surface area contributed by atoms with Gasteiger partial charge in [-0.25, -0.2) is 17.2 Å². The van der Waals surface area contributed by atoms with Gasteiger partial charge in [0.05, 0.1) is 30.7 Å². The van der Waals surface area contributed by atoms with Crippen molar-refractivity contribution in [1.29, 1.82) is 0 Å². The van der Waals surface area contributed by atoms with E-state index in [4.69, 9.17) is 24.9 Å². The van der Waals surface area contributed by atoms with Gasteiger partial charge in [0.1, 0.15) is 5.75 Å². The molecule has 0 saturated heterocycles. The van der Waals surface area contributed by atoms with Crippen molar-refractivity contribution in [3.8, 4) is 5.75 Å². The Hall–Kier alpha value is -3.17. The van der Waals surface area contributed by atoms with Crippen LogP contribution in [0.3, 0.4) is 0 Å². The van der Waals surface area contributed by atoms with Gasteiger partial charge in [0.25, 0.3) is 10.0 Å². The summed E-state index contributed by atoms with van der Waals surface area (Å²) in [6.07, 6.45) is -3.51. The number of aliphatic carboxylic acids is 1. The summed E-state index contributed by atoms with van der Waals surface area (Å²) in [6, 6.07) is 13.8. The van der Waals surface area contributed by atoms with Gasteiger partial charge in [-0.3, -0.25) is 4.90 Å². The number of aromatic nitrogens is 1. The molecule has 0 atom stereocenters. The maximum absolute atomic E-state index is 13.0. The Balaban J connectivity index is 0.000000503. The van der Waals surface area contributed by atoms with E-state index in [-0.39, 0.29) is 18.1 Å². The molecule has 0 aliphatic heterocycles. The second-order valence-electron chi connectivity index (χ2n) is 7.74. The molecule has 0 fully saturated rings. The molecule has 0 radical (unpaired) electrons. The Labute approximate surface area is 218 Å². The van der Waals surface area contributed by atoms with Crippen LogP contribution >= 0.6 is 0 Å². The first kappa shape index (κ1) is 32.9. The molecule has 212 valence electrons. The molecule has 0 spiro atoms. The number of aliphatic hydroxyl groups is 2. The van der Waals surface area contributed by atoms with E-state index in [9.17, 15) is 21.6 Å². The van der Waals surface area contributed by atoms with Gasteiger partial charge in [0.2, 0.25) is 0 Å². The quantitative estimate of drug-likeness (QED) is 0.308. The summed E-state index contributed by atoms with van der Waals surface area (Å²) < 4.78 is 64.4. The van der Waals surface area contributed by atoms with Crippen LogP contribution in [0.2, 0.25) is 0 Å². The number of alkyl halides is 3. The van der Waals surface area contributed by atoms with Crippen molar-refractivity contribution in [2.24, 2.45) is 0 Å². The SMILES string of the molecule is CNCCO.COc1cc(CN(C)CCO)c2ccn(S(=O)(=O)c3ccccc3)c2c1.O=C(O)C(F)(F)F. The zero-order valence-corrected chi connectivity index (χ0v) is 22.0. The van der Waals surface area contributed by atoms with Crippen molar-refractivity contribution >= 4 is 26.9 Å². The van der Waals surface area contributed by atoms with Gasteiger partial charge >= 0.3 is 12.1 Å². The monoisotopic (exact) mass is 563 g/mol. The Morgan fingerprint density at radius 2 is 1.71 bits per heavy atom. The average Bonchev–Trinajstić information content (AvgIpc) is 3.30. The number of nitrogens with zero attached hydrogens (tertiary/aromatic N) is 2. The highest BCUT2D eigenvalue weighted by Gasteiger charge is 2.38. The van der Waals surface area contributed by atoms with Gasteiger partial charge in [-0.15, -0.1) is 0 Å². The van der Waals surface area contributed by atoms with Crippen LogP contribution in [0.5, 0.6) is 5.75 Å². The first-order valence-electron chi connectivity index (χ1n) is 11.2. The van der Waals surface area contributed by atoms with Crippen molar-refractivity contribution in [3.63, 3.8) is 0 Å². The van der Waals surface area contributed by atoms with E-state index in [2.05, 4.69) is 5.32 Å². The number of carbonyl (C=O) groups is 1. The predicted molar refractivity (Wildman–Crippen MR) is 136 cm³/mol. The maximum atomic E-state index is 13.0. The highest BCUT2D eigenvalue weighted by Crippen LogP contribution is 2.30. The molecule has 0 bridgehead atoms. The van der Waals surface area contributed by atoms with Crippen LogP contribution in [-0.2, 0) is 21.4 Å². The number of carboxylic acids is 1. The number of carboxylic acid groups (broad SMARTS) is 1. The molecule has 1 aromatic heterocycles. The fourth-order valence-electron chi connectivity index (χ4n) is 3.08. The minimum Gasteiger partial charge on any atom is -0.497 e. The second kappa shape index (κ2) is 15.3. The van der Waals surface area contributed by atoms with Gasteiger partial charge in [-0.1, -0.05) is 18.2 Å². The first-order chi connectivity index (χ1) is 17.8. The molecule has 38 heavy (non-hydrogen) atoms. The molecule has 10 nitrogen and oxygen atoms in total. The van der Waals surface area contributed by atoms with E-state index in [1.54, 1.807) is 62.8 Å². The normalized spacial score (nSPS) is 11.4. The van der Waals surface area contributed by atoms with Gasteiger partial charge in [0.15, 0.2) is 0 Å². The van der Waals surface area contributed by atoms with Crippen LogP contribution in [0.25, 0.3) is 10.9 Å². The molecule has 0 aliphatic rings. The average molecular weight is 564 g/mol. The van der Waals surface area contributed by atoms with Crippen LogP contribution in [-0.4, -0.2) is 92.3 Å². The summed E-state index contributed by atoms with van der Waals surface area (Å²) >= 11 is 0. The summed E-state index contributed by atoms with van der Waals surface area (Å²) in [6.45, 7) is 2.09. The number of hydrogen-bond donors (Lipinski definition) is 4. The standard InChI is InChI=1S/C19H22N2O4S.C3H9NO.C2HF3O2/c1-20(10-11-22)14-15-12-16(25-2)13-19-18(15)8-9-21(19)26(23,24)17-6-4-3-5-7-17;1-4-2-3-5;3-2(4,5)1(6)7/h3-9,12-13,22H,10-11,14H2,1-2H3;4-5H,2-3H2,1H3;(H,6,7). The lowest BCUT2D eigenvalue weighted by atomic mass is 10.1. The van der Waals surface area contributed by atoms with Crippen molar-refractivity contribution in [3.05, 3.63) is 60.3 Å². The fraction of sp³-hybridized carbons (Fsp3) is 0.375. The van der Waals surface area contributed by atoms with Crippen LogP contribution in [0.4, 0.5) is 13.2 Å².